The van der Waals surface area contributed by atoms with Crippen LogP contribution < -0.4 is 5.73 Å². The standard InChI is InChI=1S/C14H19N3O2S2/c15-14(20)12-6-5-11(9-16-12)21(18,19)17-8-7-10-3-1-2-4-13(10)17/h5-6,9-10,13H,1-4,7-8H2,(H2,15,20). The lowest BCUT2D eigenvalue weighted by Gasteiger charge is -2.30. The van der Waals surface area contributed by atoms with Gasteiger partial charge in [-0.25, -0.2) is 8.42 Å². The Morgan fingerprint density at radius 3 is 2.71 bits per heavy atom. The molecule has 1 saturated carbocycles. The van der Waals surface area contributed by atoms with E-state index in [1.165, 1.54) is 12.6 Å². The Morgan fingerprint density at radius 1 is 1.29 bits per heavy atom. The molecule has 1 saturated heterocycles. The van der Waals surface area contributed by atoms with Crippen LogP contribution >= 0.6 is 12.2 Å². The van der Waals surface area contributed by atoms with Crippen LogP contribution in [0.5, 0.6) is 0 Å². The molecule has 0 spiro atoms. The van der Waals surface area contributed by atoms with Gasteiger partial charge in [-0.1, -0.05) is 25.1 Å². The number of pyridine rings is 1. The van der Waals surface area contributed by atoms with E-state index in [1.54, 1.807) is 16.4 Å². The van der Waals surface area contributed by atoms with E-state index < -0.39 is 10.0 Å². The van der Waals surface area contributed by atoms with Crippen LogP contribution in [0.25, 0.3) is 0 Å². The van der Waals surface area contributed by atoms with Gasteiger partial charge in [-0.15, -0.1) is 0 Å². The third-order valence-electron chi connectivity index (χ3n) is 4.55. The van der Waals surface area contributed by atoms with Crippen LogP contribution in [0, 0.1) is 5.92 Å². The molecule has 114 valence electrons. The van der Waals surface area contributed by atoms with Gasteiger partial charge >= 0.3 is 0 Å². The van der Waals surface area contributed by atoms with Gasteiger partial charge in [0.2, 0.25) is 10.0 Å². The summed E-state index contributed by atoms with van der Waals surface area (Å²) in [5.74, 6) is 0.525. The molecule has 2 fully saturated rings. The van der Waals surface area contributed by atoms with Gasteiger partial charge in [0.25, 0.3) is 0 Å². The highest BCUT2D eigenvalue weighted by molar-refractivity contribution is 7.89. The third-order valence-corrected chi connectivity index (χ3v) is 6.67. The maximum atomic E-state index is 12.8. The molecule has 2 N–H and O–H groups in total. The molecule has 0 bridgehead atoms. The highest BCUT2D eigenvalue weighted by Crippen LogP contribution is 2.38. The number of hydrogen-bond donors (Lipinski definition) is 1. The van der Waals surface area contributed by atoms with Crippen molar-refractivity contribution in [3.8, 4) is 0 Å². The number of sulfonamides is 1. The lowest BCUT2D eigenvalue weighted by molar-refractivity contribution is 0.260. The zero-order valence-electron chi connectivity index (χ0n) is 11.7. The smallest absolute Gasteiger partial charge is 0.244 e. The Labute approximate surface area is 130 Å². The molecule has 1 aromatic rings. The Morgan fingerprint density at radius 2 is 2.05 bits per heavy atom. The number of fused-ring (bicyclic) bond motifs is 1. The molecule has 7 heteroatoms. The van der Waals surface area contributed by atoms with Gasteiger partial charge in [-0.05, 0) is 37.3 Å². The van der Waals surface area contributed by atoms with E-state index >= 15 is 0 Å². The van der Waals surface area contributed by atoms with Crippen molar-refractivity contribution in [1.82, 2.24) is 9.29 Å². The highest BCUT2D eigenvalue weighted by Gasteiger charge is 2.42. The highest BCUT2D eigenvalue weighted by atomic mass is 32.2. The zero-order chi connectivity index (χ0) is 15.0. The first kappa shape index (κ1) is 14.9. The summed E-state index contributed by atoms with van der Waals surface area (Å²) in [6, 6.07) is 3.29. The van der Waals surface area contributed by atoms with Crippen molar-refractivity contribution in [3.05, 3.63) is 24.0 Å². The van der Waals surface area contributed by atoms with Crippen LogP contribution in [0.15, 0.2) is 23.2 Å². The number of nitrogens with zero attached hydrogens (tertiary/aromatic N) is 2. The lowest BCUT2D eigenvalue weighted by Crippen LogP contribution is -2.39. The fourth-order valence-electron chi connectivity index (χ4n) is 3.48. The molecule has 3 rings (SSSR count). The Kier molecular flexibility index (Phi) is 3.98. The van der Waals surface area contributed by atoms with Gasteiger partial charge in [0.15, 0.2) is 0 Å². The first-order valence-electron chi connectivity index (χ1n) is 7.28. The predicted octanol–water partition coefficient (Wildman–Crippen LogP) is 1.67. The van der Waals surface area contributed by atoms with Crippen molar-refractivity contribution in [2.24, 2.45) is 11.7 Å². The molecule has 0 aromatic carbocycles. The molecule has 1 aliphatic carbocycles. The summed E-state index contributed by atoms with van der Waals surface area (Å²) < 4.78 is 27.3. The molecule has 0 radical (unpaired) electrons. The average molecular weight is 325 g/mol. The normalized spacial score (nSPS) is 26.5. The van der Waals surface area contributed by atoms with E-state index in [9.17, 15) is 8.42 Å². The van der Waals surface area contributed by atoms with Crippen LogP contribution in [0.2, 0.25) is 0 Å². The van der Waals surface area contributed by atoms with Crippen molar-refractivity contribution in [1.29, 1.82) is 0 Å². The zero-order valence-corrected chi connectivity index (χ0v) is 13.4. The number of rotatable bonds is 3. The van der Waals surface area contributed by atoms with E-state index in [1.807, 2.05) is 0 Å². The van der Waals surface area contributed by atoms with Gasteiger partial charge < -0.3 is 5.73 Å². The Hall–Kier alpha value is -1.05. The SMILES string of the molecule is NC(=S)c1ccc(S(=O)(=O)N2CCC3CCCCC32)cn1. The van der Waals surface area contributed by atoms with E-state index in [4.69, 9.17) is 18.0 Å². The largest absolute Gasteiger partial charge is 0.388 e. The Balaban J connectivity index is 1.88. The second-order valence-corrected chi connectivity index (χ2v) is 8.09. The lowest BCUT2D eigenvalue weighted by atomic mass is 9.86. The Bertz CT molecular complexity index is 643. The molecule has 21 heavy (non-hydrogen) atoms. The average Bonchev–Trinajstić information content (AvgIpc) is 2.92. The molecule has 5 nitrogen and oxygen atoms in total. The van der Waals surface area contributed by atoms with E-state index in [-0.39, 0.29) is 15.9 Å². The van der Waals surface area contributed by atoms with E-state index in [0.717, 1.165) is 25.7 Å². The van der Waals surface area contributed by atoms with Crippen LogP contribution in [-0.2, 0) is 10.0 Å². The first-order valence-corrected chi connectivity index (χ1v) is 9.12. The molecule has 2 heterocycles. The fourth-order valence-corrected chi connectivity index (χ4v) is 5.27. The van der Waals surface area contributed by atoms with Crippen LogP contribution in [0.1, 0.15) is 37.8 Å². The molecular weight excluding hydrogens is 306 g/mol. The minimum Gasteiger partial charge on any atom is -0.388 e. The molecule has 2 unspecified atom stereocenters. The number of hydrogen-bond acceptors (Lipinski definition) is 4. The van der Waals surface area contributed by atoms with Gasteiger partial charge in [0.1, 0.15) is 9.88 Å². The second kappa shape index (κ2) is 5.62. The first-order chi connectivity index (χ1) is 10.00. The summed E-state index contributed by atoms with van der Waals surface area (Å²) in [5, 5.41) is 0. The van der Waals surface area contributed by atoms with E-state index in [0.29, 0.717) is 18.2 Å². The topological polar surface area (TPSA) is 76.3 Å². The van der Waals surface area contributed by atoms with Crippen molar-refractivity contribution in [2.45, 2.75) is 43.0 Å². The van der Waals surface area contributed by atoms with Crippen LogP contribution in [0.3, 0.4) is 0 Å². The molecule has 0 amide bonds. The van der Waals surface area contributed by atoms with Gasteiger partial charge in [-0.3, -0.25) is 4.98 Å². The molecular formula is C14H19N3O2S2. The monoisotopic (exact) mass is 325 g/mol. The molecule has 1 aromatic heterocycles. The predicted molar refractivity (Wildman–Crippen MR) is 84.4 cm³/mol. The minimum atomic E-state index is -3.46. The van der Waals surface area contributed by atoms with Crippen LogP contribution in [-0.4, -0.2) is 35.3 Å². The molecule has 2 aliphatic rings. The summed E-state index contributed by atoms with van der Waals surface area (Å²) in [7, 11) is -3.46. The van der Waals surface area contributed by atoms with Crippen molar-refractivity contribution < 1.29 is 8.42 Å². The molecule has 1 aliphatic heterocycles. The third kappa shape index (κ3) is 2.69. The minimum absolute atomic E-state index is 0.166. The van der Waals surface area contributed by atoms with E-state index in [2.05, 4.69) is 4.98 Å². The van der Waals surface area contributed by atoms with Gasteiger partial charge in [0.05, 0.1) is 5.69 Å². The summed E-state index contributed by atoms with van der Waals surface area (Å²) in [6.07, 6.45) is 6.80. The summed E-state index contributed by atoms with van der Waals surface area (Å²) in [6.45, 7) is 0.620. The van der Waals surface area contributed by atoms with Gasteiger partial charge in [0, 0.05) is 18.8 Å². The maximum Gasteiger partial charge on any atom is 0.244 e. The second-order valence-electron chi connectivity index (χ2n) is 5.76. The van der Waals surface area contributed by atoms with Crippen molar-refractivity contribution >= 4 is 27.2 Å². The summed E-state index contributed by atoms with van der Waals surface area (Å²) in [4.78, 5) is 4.45. The fraction of sp³-hybridized carbons (Fsp3) is 0.571. The number of thiocarbonyl (C=S) groups is 1. The summed E-state index contributed by atoms with van der Waals surface area (Å²) >= 11 is 4.84. The number of nitrogens with two attached hydrogens (primary N) is 1. The summed E-state index contributed by atoms with van der Waals surface area (Å²) in [5.41, 5.74) is 5.94. The van der Waals surface area contributed by atoms with Gasteiger partial charge in [-0.2, -0.15) is 4.31 Å². The maximum absolute atomic E-state index is 12.8. The van der Waals surface area contributed by atoms with Crippen molar-refractivity contribution in [2.75, 3.05) is 6.54 Å². The van der Waals surface area contributed by atoms with Crippen molar-refractivity contribution in [3.63, 3.8) is 0 Å². The van der Waals surface area contributed by atoms with Crippen LogP contribution in [0.4, 0.5) is 0 Å². The molecule has 2 atom stereocenters. The quantitative estimate of drug-likeness (QED) is 0.856. The number of aromatic nitrogens is 1.